The predicted molar refractivity (Wildman–Crippen MR) is 53.8 cm³/mol. The van der Waals surface area contributed by atoms with Gasteiger partial charge in [0.2, 0.25) is 0 Å². The lowest BCUT2D eigenvalue weighted by Crippen LogP contribution is -2.00. The first-order chi connectivity index (χ1) is 6.77. The van der Waals surface area contributed by atoms with Crippen LogP contribution >= 0.6 is 0 Å². The summed E-state index contributed by atoms with van der Waals surface area (Å²) in [6.45, 7) is 0.631. The standard InChI is InChI=1S/C11H14FNO/c12-11-5-4-10(8-14)9(7-11)3-1-2-6-13/h4-5,7-8H,1-3,6,13H2. The molecule has 0 heterocycles. The summed E-state index contributed by atoms with van der Waals surface area (Å²) in [6, 6.07) is 4.23. The fourth-order valence-corrected chi connectivity index (χ4v) is 1.37. The van der Waals surface area contributed by atoms with Gasteiger partial charge in [0.1, 0.15) is 12.1 Å². The maximum atomic E-state index is 12.9. The summed E-state index contributed by atoms with van der Waals surface area (Å²) in [7, 11) is 0. The largest absolute Gasteiger partial charge is 0.330 e. The van der Waals surface area contributed by atoms with Crippen LogP contribution in [0.3, 0.4) is 0 Å². The van der Waals surface area contributed by atoms with Gasteiger partial charge in [-0.25, -0.2) is 4.39 Å². The lowest BCUT2D eigenvalue weighted by molar-refractivity contribution is 0.112. The second kappa shape index (κ2) is 5.50. The van der Waals surface area contributed by atoms with Crippen LogP contribution in [-0.4, -0.2) is 12.8 Å². The number of carbonyl (C=O) groups is 1. The Hall–Kier alpha value is -1.22. The molecule has 0 spiro atoms. The Morgan fingerprint density at radius 3 is 2.79 bits per heavy atom. The molecule has 0 atom stereocenters. The molecular weight excluding hydrogens is 181 g/mol. The van der Waals surface area contributed by atoms with Crippen LogP contribution in [-0.2, 0) is 6.42 Å². The first-order valence-electron chi connectivity index (χ1n) is 4.71. The van der Waals surface area contributed by atoms with E-state index in [1.807, 2.05) is 0 Å². The van der Waals surface area contributed by atoms with Crippen molar-refractivity contribution in [1.29, 1.82) is 0 Å². The highest BCUT2D eigenvalue weighted by Gasteiger charge is 2.02. The minimum Gasteiger partial charge on any atom is -0.330 e. The monoisotopic (exact) mass is 195 g/mol. The topological polar surface area (TPSA) is 43.1 Å². The number of hydrogen-bond donors (Lipinski definition) is 1. The van der Waals surface area contributed by atoms with Crippen molar-refractivity contribution < 1.29 is 9.18 Å². The van der Waals surface area contributed by atoms with Gasteiger partial charge < -0.3 is 5.73 Å². The van der Waals surface area contributed by atoms with Gasteiger partial charge in [0.15, 0.2) is 0 Å². The van der Waals surface area contributed by atoms with Crippen LogP contribution in [0.4, 0.5) is 4.39 Å². The van der Waals surface area contributed by atoms with E-state index in [4.69, 9.17) is 5.73 Å². The zero-order chi connectivity index (χ0) is 10.4. The minimum absolute atomic E-state index is 0.293. The summed E-state index contributed by atoms with van der Waals surface area (Å²) in [5.41, 5.74) is 6.69. The second-order valence-corrected chi connectivity index (χ2v) is 3.21. The third-order valence-corrected chi connectivity index (χ3v) is 2.13. The molecule has 76 valence electrons. The van der Waals surface area contributed by atoms with E-state index in [2.05, 4.69) is 0 Å². The van der Waals surface area contributed by atoms with Crippen molar-refractivity contribution in [2.24, 2.45) is 5.73 Å². The van der Waals surface area contributed by atoms with Gasteiger partial charge in [0, 0.05) is 5.56 Å². The molecule has 14 heavy (non-hydrogen) atoms. The Morgan fingerprint density at radius 1 is 1.36 bits per heavy atom. The van der Waals surface area contributed by atoms with Crippen molar-refractivity contribution in [1.82, 2.24) is 0 Å². The van der Waals surface area contributed by atoms with Gasteiger partial charge in [-0.3, -0.25) is 4.79 Å². The van der Waals surface area contributed by atoms with Crippen molar-refractivity contribution >= 4 is 6.29 Å². The molecule has 0 unspecified atom stereocenters. The molecule has 1 rings (SSSR count). The lowest BCUT2D eigenvalue weighted by atomic mass is 10.0. The number of carbonyl (C=O) groups excluding carboxylic acids is 1. The summed E-state index contributed by atoms with van der Waals surface area (Å²) >= 11 is 0. The van der Waals surface area contributed by atoms with Crippen molar-refractivity contribution in [2.75, 3.05) is 6.54 Å². The Bertz CT molecular complexity index is 312. The van der Waals surface area contributed by atoms with E-state index in [1.54, 1.807) is 0 Å². The maximum Gasteiger partial charge on any atom is 0.150 e. The molecule has 1 aromatic carbocycles. The van der Waals surface area contributed by atoms with E-state index < -0.39 is 0 Å². The quantitative estimate of drug-likeness (QED) is 0.576. The molecule has 1 aromatic rings. The van der Waals surface area contributed by atoms with E-state index in [9.17, 15) is 9.18 Å². The molecule has 0 aromatic heterocycles. The fourth-order valence-electron chi connectivity index (χ4n) is 1.37. The summed E-state index contributed by atoms with van der Waals surface area (Å²) in [6.07, 6.45) is 3.26. The number of aldehydes is 1. The van der Waals surface area contributed by atoms with Crippen molar-refractivity contribution in [3.63, 3.8) is 0 Å². The van der Waals surface area contributed by atoms with E-state index in [-0.39, 0.29) is 5.82 Å². The van der Waals surface area contributed by atoms with E-state index in [0.717, 1.165) is 24.7 Å². The predicted octanol–water partition coefficient (Wildman–Crippen LogP) is 1.92. The molecule has 0 aliphatic carbocycles. The second-order valence-electron chi connectivity index (χ2n) is 3.21. The molecule has 2 N–H and O–H groups in total. The van der Waals surface area contributed by atoms with Crippen LogP contribution < -0.4 is 5.73 Å². The Kier molecular flexibility index (Phi) is 4.26. The van der Waals surface area contributed by atoms with Crippen molar-refractivity contribution in [3.05, 3.63) is 35.1 Å². The van der Waals surface area contributed by atoms with E-state index in [0.29, 0.717) is 18.5 Å². The molecular formula is C11H14FNO. The molecule has 0 fully saturated rings. The first-order valence-corrected chi connectivity index (χ1v) is 4.71. The molecule has 3 heteroatoms. The average molecular weight is 195 g/mol. The Balaban J connectivity index is 2.72. The third kappa shape index (κ3) is 2.92. The number of benzene rings is 1. The molecule has 0 aliphatic rings. The Morgan fingerprint density at radius 2 is 2.14 bits per heavy atom. The van der Waals surface area contributed by atoms with Gasteiger partial charge in [-0.1, -0.05) is 0 Å². The number of hydrogen-bond acceptors (Lipinski definition) is 2. The number of rotatable bonds is 5. The van der Waals surface area contributed by atoms with Gasteiger partial charge >= 0.3 is 0 Å². The average Bonchev–Trinajstić information content (AvgIpc) is 2.19. The highest BCUT2D eigenvalue weighted by molar-refractivity contribution is 5.77. The molecule has 0 amide bonds. The highest BCUT2D eigenvalue weighted by atomic mass is 19.1. The first kappa shape index (κ1) is 10.9. The van der Waals surface area contributed by atoms with Crippen LogP contribution in [0.25, 0.3) is 0 Å². The zero-order valence-electron chi connectivity index (χ0n) is 8.00. The zero-order valence-corrected chi connectivity index (χ0v) is 8.00. The molecule has 0 radical (unpaired) electrons. The van der Waals surface area contributed by atoms with Gasteiger partial charge in [0.05, 0.1) is 0 Å². The van der Waals surface area contributed by atoms with Crippen LogP contribution in [0, 0.1) is 5.82 Å². The summed E-state index contributed by atoms with van der Waals surface area (Å²) in [5, 5.41) is 0. The number of aryl methyl sites for hydroxylation is 1. The third-order valence-electron chi connectivity index (χ3n) is 2.13. The number of nitrogens with two attached hydrogens (primary N) is 1. The van der Waals surface area contributed by atoms with Gasteiger partial charge in [-0.2, -0.15) is 0 Å². The minimum atomic E-state index is -0.293. The molecule has 0 aliphatic heterocycles. The van der Waals surface area contributed by atoms with Gasteiger partial charge in [0.25, 0.3) is 0 Å². The number of halogens is 1. The normalized spacial score (nSPS) is 10.1. The molecule has 2 nitrogen and oxygen atoms in total. The van der Waals surface area contributed by atoms with Crippen LogP contribution in [0.2, 0.25) is 0 Å². The maximum absolute atomic E-state index is 12.9. The molecule has 0 bridgehead atoms. The summed E-state index contributed by atoms with van der Waals surface area (Å²) in [5.74, 6) is -0.293. The number of unbranched alkanes of at least 4 members (excludes halogenated alkanes) is 1. The van der Waals surface area contributed by atoms with Gasteiger partial charge in [-0.05, 0) is 49.6 Å². The van der Waals surface area contributed by atoms with Crippen molar-refractivity contribution in [3.8, 4) is 0 Å². The van der Waals surface area contributed by atoms with E-state index >= 15 is 0 Å². The van der Waals surface area contributed by atoms with Gasteiger partial charge in [-0.15, -0.1) is 0 Å². The van der Waals surface area contributed by atoms with Crippen LogP contribution in [0.15, 0.2) is 18.2 Å². The van der Waals surface area contributed by atoms with Crippen molar-refractivity contribution in [2.45, 2.75) is 19.3 Å². The fraction of sp³-hybridized carbons (Fsp3) is 0.364. The van der Waals surface area contributed by atoms with E-state index in [1.165, 1.54) is 18.2 Å². The lowest BCUT2D eigenvalue weighted by Gasteiger charge is -2.03. The molecule has 0 saturated heterocycles. The Labute approximate surface area is 82.9 Å². The molecule has 0 saturated carbocycles. The SMILES string of the molecule is NCCCCc1cc(F)ccc1C=O. The van der Waals surface area contributed by atoms with Crippen LogP contribution in [0.5, 0.6) is 0 Å². The summed E-state index contributed by atoms with van der Waals surface area (Å²) in [4.78, 5) is 10.6. The smallest absolute Gasteiger partial charge is 0.150 e. The summed E-state index contributed by atoms with van der Waals surface area (Å²) < 4.78 is 12.9. The van der Waals surface area contributed by atoms with Crippen LogP contribution in [0.1, 0.15) is 28.8 Å². The highest BCUT2D eigenvalue weighted by Crippen LogP contribution is 2.12.